The second-order valence-corrected chi connectivity index (χ2v) is 4.26. The van der Waals surface area contributed by atoms with Gasteiger partial charge in [-0.05, 0) is 24.1 Å². The zero-order chi connectivity index (χ0) is 11.5. The predicted octanol–water partition coefficient (Wildman–Crippen LogP) is 3.08. The molecule has 2 rings (SSSR count). The van der Waals surface area contributed by atoms with Crippen LogP contribution in [0.5, 0.6) is 0 Å². The van der Waals surface area contributed by atoms with Gasteiger partial charge in [-0.15, -0.1) is 0 Å². The Balaban J connectivity index is 2.32. The Labute approximate surface area is 102 Å². The number of H-pyrrole nitrogens is 1. The van der Waals surface area contributed by atoms with Crippen LogP contribution in [0.4, 0.5) is 0 Å². The van der Waals surface area contributed by atoms with E-state index in [9.17, 15) is 4.79 Å². The third-order valence-corrected chi connectivity index (χ3v) is 3.17. The van der Waals surface area contributed by atoms with Crippen molar-refractivity contribution in [2.75, 3.05) is 0 Å². The monoisotopic (exact) mass is 281 g/mol. The van der Waals surface area contributed by atoms with Gasteiger partial charge in [0.05, 0.1) is 6.42 Å². The zero-order valence-corrected chi connectivity index (χ0v) is 10.3. The number of aryl methyl sites for hydroxylation is 1. The van der Waals surface area contributed by atoms with E-state index in [0.717, 1.165) is 16.5 Å². The molecule has 3 nitrogen and oxygen atoms in total. The number of alkyl halides is 1. The summed E-state index contributed by atoms with van der Waals surface area (Å²) in [5, 5.41) is 10.6. The van der Waals surface area contributed by atoms with Crippen LogP contribution in [-0.2, 0) is 16.5 Å². The van der Waals surface area contributed by atoms with Gasteiger partial charge in [0.1, 0.15) is 0 Å². The first-order valence-electron chi connectivity index (χ1n) is 5.08. The number of aliphatic carboxylic acids is 1. The SMILES string of the molecule is O=C(O)CCc1cc2c(CBr)cccc2[nH]1. The lowest BCUT2D eigenvalue weighted by Gasteiger charge is -1.95. The first kappa shape index (κ1) is 11.2. The average molecular weight is 282 g/mol. The Morgan fingerprint density at radius 1 is 1.44 bits per heavy atom. The number of hydrogen-bond acceptors (Lipinski definition) is 1. The molecule has 2 N–H and O–H groups in total. The quantitative estimate of drug-likeness (QED) is 0.847. The highest BCUT2D eigenvalue weighted by molar-refractivity contribution is 9.08. The molecule has 1 heterocycles. The fourth-order valence-electron chi connectivity index (χ4n) is 1.77. The molecule has 0 aliphatic rings. The molecule has 0 atom stereocenters. The van der Waals surface area contributed by atoms with Gasteiger partial charge in [0.15, 0.2) is 0 Å². The van der Waals surface area contributed by atoms with Crippen LogP contribution in [0.15, 0.2) is 24.3 Å². The van der Waals surface area contributed by atoms with Crippen molar-refractivity contribution in [2.45, 2.75) is 18.2 Å². The summed E-state index contributed by atoms with van der Waals surface area (Å²) in [6, 6.07) is 8.10. The van der Waals surface area contributed by atoms with Gasteiger partial charge in [0.25, 0.3) is 0 Å². The summed E-state index contributed by atoms with van der Waals surface area (Å²) >= 11 is 3.44. The first-order chi connectivity index (χ1) is 7.70. The van der Waals surface area contributed by atoms with Gasteiger partial charge in [0.2, 0.25) is 0 Å². The molecule has 0 spiro atoms. The summed E-state index contributed by atoms with van der Waals surface area (Å²) < 4.78 is 0. The van der Waals surface area contributed by atoms with E-state index in [1.54, 1.807) is 0 Å². The number of aromatic nitrogens is 1. The second kappa shape index (κ2) is 4.70. The van der Waals surface area contributed by atoms with Gasteiger partial charge in [-0.25, -0.2) is 0 Å². The van der Waals surface area contributed by atoms with Gasteiger partial charge >= 0.3 is 5.97 Å². The molecule has 16 heavy (non-hydrogen) atoms. The van der Waals surface area contributed by atoms with E-state index in [-0.39, 0.29) is 6.42 Å². The van der Waals surface area contributed by atoms with Crippen molar-refractivity contribution in [1.29, 1.82) is 0 Å². The number of fused-ring (bicyclic) bond motifs is 1. The zero-order valence-electron chi connectivity index (χ0n) is 8.66. The van der Waals surface area contributed by atoms with Crippen LogP contribution in [0.3, 0.4) is 0 Å². The fourth-order valence-corrected chi connectivity index (χ4v) is 2.26. The molecule has 0 unspecified atom stereocenters. The van der Waals surface area contributed by atoms with Crippen molar-refractivity contribution in [3.8, 4) is 0 Å². The fraction of sp³-hybridized carbons (Fsp3) is 0.250. The third kappa shape index (κ3) is 2.27. The number of benzene rings is 1. The van der Waals surface area contributed by atoms with Crippen molar-refractivity contribution in [2.24, 2.45) is 0 Å². The van der Waals surface area contributed by atoms with E-state index in [1.807, 2.05) is 18.2 Å². The number of rotatable bonds is 4. The number of carbonyl (C=O) groups is 1. The van der Waals surface area contributed by atoms with Crippen molar-refractivity contribution in [3.63, 3.8) is 0 Å². The number of carboxylic acids is 1. The molecule has 1 aromatic carbocycles. The molecule has 0 radical (unpaired) electrons. The summed E-state index contributed by atoms with van der Waals surface area (Å²) in [5.74, 6) is -0.764. The molecule has 0 amide bonds. The van der Waals surface area contributed by atoms with Crippen molar-refractivity contribution in [1.82, 2.24) is 4.98 Å². The van der Waals surface area contributed by atoms with Gasteiger partial charge in [-0.3, -0.25) is 4.79 Å². The van der Waals surface area contributed by atoms with Crippen molar-refractivity contribution in [3.05, 3.63) is 35.5 Å². The van der Waals surface area contributed by atoms with E-state index >= 15 is 0 Å². The number of carboxylic acid groups (broad SMARTS) is 1. The molecule has 0 saturated heterocycles. The smallest absolute Gasteiger partial charge is 0.303 e. The van der Waals surface area contributed by atoms with Crippen LogP contribution >= 0.6 is 15.9 Å². The Morgan fingerprint density at radius 3 is 2.94 bits per heavy atom. The summed E-state index contributed by atoms with van der Waals surface area (Å²) in [7, 11) is 0. The lowest BCUT2D eigenvalue weighted by molar-refractivity contribution is -0.136. The van der Waals surface area contributed by atoms with E-state index in [2.05, 4.69) is 27.0 Å². The van der Waals surface area contributed by atoms with Crippen LogP contribution in [0.1, 0.15) is 17.7 Å². The normalized spacial score (nSPS) is 10.8. The molecular weight excluding hydrogens is 270 g/mol. The molecule has 0 aliphatic heterocycles. The second-order valence-electron chi connectivity index (χ2n) is 3.70. The molecule has 84 valence electrons. The highest BCUT2D eigenvalue weighted by atomic mass is 79.9. The minimum absolute atomic E-state index is 0.163. The Hall–Kier alpha value is -1.29. The standard InChI is InChI=1S/C12H12BrNO2/c13-7-8-2-1-3-11-10(8)6-9(14-11)4-5-12(15)16/h1-3,6,14H,4-5,7H2,(H,15,16). The molecule has 4 heteroatoms. The predicted molar refractivity (Wildman–Crippen MR) is 66.9 cm³/mol. The Morgan fingerprint density at radius 2 is 2.25 bits per heavy atom. The lowest BCUT2D eigenvalue weighted by Crippen LogP contribution is -1.97. The third-order valence-electron chi connectivity index (χ3n) is 2.56. The van der Waals surface area contributed by atoms with Crippen LogP contribution in [-0.4, -0.2) is 16.1 Å². The molecular formula is C12H12BrNO2. The largest absolute Gasteiger partial charge is 0.481 e. The van der Waals surface area contributed by atoms with Crippen molar-refractivity contribution < 1.29 is 9.90 Å². The summed E-state index contributed by atoms with van der Waals surface area (Å²) in [6.07, 6.45) is 0.711. The van der Waals surface area contributed by atoms with E-state index in [4.69, 9.17) is 5.11 Å². The lowest BCUT2D eigenvalue weighted by atomic mass is 10.1. The molecule has 0 aliphatic carbocycles. The Bertz CT molecular complexity index is 519. The summed E-state index contributed by atoms with van der Waals surface area (Å²) in [6.45, 7) is 0. The Kier molecular flexibility index (Phi) is 3.29. The van der Waals surface area contributed by atoms with Crippen molar-refractivity contribution >= 4 is 32.8 Å². The van der Waals surface area contributed by atoms with Crippen LogP contribution in [0, 0.1) is 0 Å². The molecule has 0 bridgehead atoms. The van der Waals surface area contributed by atoms with Gasteiger partial charge in [-0.1, -0.05) is 28.1 Å². The molecule has 1 aromatic heterocycles. The summed E-state index contributed by atoms with van der Waals surface area (Å²) in [4.78, 5) is 13.7. The molecule has 0 fully saturated rings. The van der Waals surface area contributed by atoms with Crippen LogP contribution in [0.2, 0.25) is 0 Å². The van der Waals surface area contributed by atoms with E-state index in [1.165, 1.54) is 10.9 Å². The van der Waals surface area contributed by atoms with Gasteiger partial charge in [-0.2, -0.15) is 0 Å². The number of hydrogen-bond donors (Lipinski definition) is 2. The number of nitrogens with one attached hydrogen (secondary N) is 1. The number of halogens is 1. The topological polar surface area (TPSA) is 53.1 Å². The molecule has 2 aromatic rings. The summed E-state index contributed by atoms with van der Waals surface area (Å²) in [5.41, 5.74) is 3.26. The highest BCUT2D eigenvalue weighted by Gasteiger charge is 2.06. The minimum Gasteiger partial charge on any atom is -0.481 e. The van der Waals surface area contributed by atoms with Crippen LogP contribution in [0.25, 0.3) is 10.9 Å². The molecule has 0 saturated carbocycles. The van der Waals surface area contributed by atoms with Gasteiger partial charge in [0, 0.05) is 21.9 Å². The van der Waals surface area contributed by atoms with E-state index in [0.29, 0.717) is 6.42 Å². The van der Waals surface area contributed by atoms with Gasteiger partial charge < -0.3 is 10.1 Å². The first-order valence-corrected chi connectivity index (χ1v) is 6.20. The van der Waals surface area contributed by atoms with Crippen LogP contribution < -0.4 is 0 Å². The maximum absolute atomic E-state index is 10.5. The highest BCUT2D eigenvalue weighted by Crippen LogP contribution is 2.22. The van der Waals surface area contributed by atoms with E-state index < -0.39 is 5.97 Å². The average Bonchev–Trinajstić information content (AvgIpc) is 2.68. The maximum atomic E-state index is 10.5. The maximum Gasteiger partial charge on any atom is 0.303 e. The number of aromatic amines is 1. The minimum atomic E-state index is -0.764.